The van der Waals surface area contributed by atoms with Crippen LogP contribution in [0, 0.1) is 5.92 Å². The summed E-state index contributed by atoms with van der Waals surface area (Å²) in [6.45, 7) is 1.56. The summed E-state index contributed by atoms with van der Waals surface area (Å²) in [7, 11) is 0. The average molecular weight is 437 g/mol. The van der Waals surface area contributed by atoms with Crippen LogP contribution in [-0.2, 0) is 4.79 Å². The first-order valence-corrected chi connectivity index (χ1v) is 10.3. The first-order chi connectivity index (χ1) is 15.1. The van der Waals surface area contributed by atoms with Gasteiger partial charge in [-0.15, -0.1) is 0 Å². The molecule has 1 fully saturated rings. The summed E-state index contributed by atoms with van der Waals surface area (Å²) in [5.74, 6) is -0.421. The number of rotatable bonds is 5. The number of pyridine rings is 3. The average Bonchev–Trinajstić information content (AvgIpc) is 2.81. The maximum Gasteiger partial charge on any atom is 0.259 e. The largest absolute Gasteiger partial charge is 0.371 e. The molecular weight excluding hydrogens is 416 g/mol. The minimum absolute atomic E-state index is 0.129. The lowest BCUT2D eigenvalue weighted by Gasteiger charge is -2.32. The number of amides is 2. The van der Waals surface area contributed by atoms with Gasteiger partial charge in [-0.3, -0.25) is 14.6 Å². The fraction of sp³-hybridized carbons (Fsp3) is 0.227. The lowest BCUT2D eigenvalue weighted by atomic mass is 9.95. The van der Waals surface area contributed by atoms with E-state index in [4.69, 9.17) is 11.6 Å². The second-order valence-electron chi connectivity index (χ2n) is 7.18. The van der Waals surface area contributed by atoms with E-state index in [1.165, 1.54) is 6.20 Å². The number of aromatic nitrogens is 3. The van der Waals surface area contributed by atoms with Crippen molar-refractivity contribution in [3.63, 3.8) is 0 Å². The highest BCUT2D eigenvalue weighted by atomic mass is 35.5. The third-order valence-corrected chi connectivity index (χ3v) is 5.40. The minimum Gasteiger partial charge on any atom is -0.371 e. The second kappa shape index (κ2) is 9.53. The number of hydrogen-bond acceptors (Lipinski definition) is 6. The molecule has 0 spiro atoms. The highest BCUT2D eigenvalue weighted by molar-refractivity contribution is 6.29. The maximum atomic E-state index is 12.8. The molecule has 3 aromatic rings. The summed E-state index contributed by atoms with van der Waals surface area (Å²) >= 11 is 5.78. The lowest BCUT2D eigenvalue weighted by molar-refractivity contribution is -0.120. The van der Waals surface area contributed by atoms with Crippen LogP contribution in [-0.4, -0.2) is 39.9 Å². The van der Waals surface area contributed by atoms with E-state index in [2.05, 4.69) is 30.5 Å². The number of piperidine rings is 1. The van der Waals surface area contributed by atoms with Crippen molar-refractivity contribution in [2.45, 2.75) is 12.8 Å². The first kappa shape index (κ1) is 20.7. The molecule has 0 aliphatic carbocycles. The molecule has 4 heterocycles. The molecule has 1 aliphatic heterocycles. The zero-order chi connectivity index (χ0) is 21.6. The van der Waals surface area contributed by atoms with Crippen molar-refractivity contribution in [2.75, 3.05) is 28.6 Å². The van der Waals surface area contributed by atoms with E-state index in [-0.39, 0.29) is 29.1 Å². The van der Waals surface area contributed by atoms with Gasteiger partial charge in [-0.1, -0.05) is 11.6 Å². The van der Waals surface area contributed by atoms with Crippen LogP contribution in [0.4, 0.5) is 17.2 Å². The van der Waals surface area contributed by atoms with Gasteiger partial charge in [0, 0.05) is 43.3 Å². The molecule has 8 nitrogen and oxygen atoms in total. The Bertz CT molecular complexity index is 1050. The zero-order valence-electron chi connectivity index (χ0n) is 16.7. The molecule has 158 valence electrons. The molecule has 0 saturated carbocycles. The summed E-state index contributed by atoms with van der Waals surface area (Å²) in [6, 6.07) is 10.4. The van der Waals surface area contributed by atoms with E-state index in [9.17, 15) is 9.59 Å². The minimum atomic E-state index is -0.389. The molecule has 9 heteroatoms. The summed E-state index contributed by atoms with van der Waals surface area (Å²) in [4.78, 5) is 40.0. The number of halogens is 1. The normalized spacial score (nSPS) is 14.2. The van der Waals surface area contributed by atoms with Gasteiger partial charge in [0.25, 0.3) is 5.91 Å². The van der Waals surface area contributed by atoms with Gasteiger partial charge < -0.3 is 15.5 Å². The van der Waals surface area contributed by atoms with Crippen LogP contribution in [0.15, 0.2) is 61.2 Å². The SMILES string of the molecule is O=C(Nc1ccc(Cl)nc1)c1cccnc1NC(=O)C1CCN(c2ccncc2)CC1. The van der Waals surface area contributed by atoms with E-state index in [1.54, 1.807) is 42.9 Å². The van der Waals surface area contributed by atoms with E-state index in [1.807, 2.05) is 12.1 Å². The van der Waals surface area contributed by atoms with Gasteiger partial charge in [0.15, 0.2) is 0 Å². The van der Waals surface area contributed by atoms with Gasteiger partial charge in [0.05, 0.1) is 17.4 Å². The number of carbonyl (C=O) groups excluding carboxylic acids is 2. The zero-order valence-corrected chi connectivity index (χ0v) is 17.4. The van der Waals surface area contributed by atoms with Crippen LogP contribution in [0.5, 0.6) is 0 Å². The smallest absolute Gasteiger partial charge is 0.259 e. The van der Waals surface area contributed by atoms with Crippen LogP contribution in [0.3, 0.4) is 0 Å². The van der Waals surface area contributed by atoms with Crippen molar-refractivity contribution in [2.24, 2.45) is 5.92 Å². The summed E-state index contributed by atoms with van der Waals surface area (Å²) in [6.07, 6.45) is 7.98. The summed E-state index contributed by atoms with van der Waals surface area (Å²) < 4.78 is 0. The molecule has 0 atom stereocenters. The monoisotopic (exact) mass is 436 g/mol. The van der Waals surface area contributed by atoms with Gasteiger partial charge >= 0.3 is 0 Å². The van der Waals surface area contributed by atoms with E-state index in [0.29, 0.717) is 10.8 Å². The Morgan fingerprint density at radius 1 is 0.968 bits per heavy atom. The number of nitrogens with zero attached hydrogens (tertiary/aromatic N) is 4. The van der Waals surface area contributed by atoms with E-state index < -0.39 is 0 Å². The molecule has 0 radical (unpaired) electrons. The van der Waals surface area contributed by atoms with Gasteiger partial charge in [-0.2, -0.15) is 0 Å². The Morgan fingerprint density at radius 2 is 1.74 bits per heavy atom. The van der Waals surface area contributed by atoms with Crippen molar-refractivity contribution in [1.29, 1.82) is 0 Å². The number of carbonyl (C=O) groups is 2. The van der Waals surface area contributed by atoms with Gasteiger partial charge in [-0.25, -0.2) is 9.97 Å². The molecule has 0 unspecified atom stereocenters. The first-order valence-electron chi connectivity index (χ1n) is 9.94. The molecule has 2 amide bonds. The predicted octanol–water partition coefficient (Wildman–Crippen LogP) is 3.63. The molecule has 0 bridgehead atoms. The molecule has 0 aromatic carbocycles. The summed E-state index contributed by atoms with van der Waals surface area (Å²) in [5.41, 5.74) is 1.88. The quantitative estimate of drug-likeness (QED) is 0.592. The number of anilines is 3. The third kappa shape index (κ3) is 5.16. The van der Waals surface area contributed by atoms with Crippen molar-refractivity contribution in [3.05, 3.63) is 71.9 Å². The van der Waals surface area contributed by atoms with Gasteiger partial charge in [0.2, 0.25) is 5.91 Å². The maximum absolute atomic E-state index is 12.8. The van der Waals surface area contributed by atoms with Crippen molar-refractivity contribution in [3.8, 4) is 0 Å². The Morgan fingerprint density at radius 3 is 2.45 bits per heavy atom. The highest BCUT2D eigenvalue weighted by Gasteiger charge is 2.26. The fourth-order valence-electron chi connectivity index (χ4n) is 3.51. The Labute approximate surface area is 184 Å². The van der Waals surface area contributed by atoms with Gasteiger partial charge in [-0.05, 0) is 49.2 Å². The standard InChI is InChI=1S/C22H21ClN6O2/c23-19-4-3-16(14-26-19)27-22(31)18-2-1-9-25-20(18)28-21(30)15-7-12-29(13-8-15)17-5-10-24-11-6-17/h1-6,9-11,14-15H,7-8,12-13H2,(H,27,31)(H,25,28,30). The molecule has 2 N–H and O–H groups in total. The number of hydrogen-bond donors (Lipinski definition) is 2. The van der Waals surface area contributed by atoms with Crippen LogP contribution in [0.2, 0.25) is 5.15 Å². The Hall–Kier alpha value is -3.52. The second-order valence-corrected chi connectivity index (χ2v) is 7.57. The van der Waals surface area contributed by atoms with Crippen LogP contribution in [0.25, 0.3) is 0 Å². The predicted molar refractivity (Wildman–Crippen MR) is 119 cm³/mol. The third-order valence-electron chi connectivity index (χ3n) is 5.17. The fourth-order valence-corrected chi connectivity index (χ4v) is 3.62. The van der Waals surface area contributed by atoms with Gasteiger partial charge in [0.1, 0.15) is 11.0 Å². The van der Waals surface area contributed by atoms with Crippen LogP contribution in [0.1, 0.15) is 23.2 Å². The van der Waals surface area contributed by atoms with Crippen molar-refractivity contribution >= 4 is 40.6 Å². The Kier molecular flexibility index (Phi) is 6.37. The van der Waals surface area contributed by atoms with Crippen molar-refractivity contribution in [1.82, 2.24) is 15.0 Å². The van der Waals surface area contributed by atoms with Crippen molar-refractivity contribution < 1.29 is 9.59 Å². The lowest BCUT2D eigenvalue weighted by Crippen LogP contribution is -2.38. The number of nitrogens with one attached hydrogen (secondary N) is 2. The Balaban J connectivity index is 1.39. The topological polar surface area (TPSA) is 100 Å². The van der Waals surface area contributed by atoms with E-state index in [0.717, 1.165) is 31.6 Å². The highest BCUT2D eigenvalue weighted by Crippen LogP contribution is 2.24. The molecule has 3 aromatic heterocycles. The molecule has 1 saturated heterocycles. The van der Waals surface area contributed by atoms with Crippen LogP contribution < -0.4 is 15.5 Å². The molecular formula is C22H21ClN6O2. The molecule has 31 heavy (non-hydrogen) atoms. The van der Waals surface area contributed by atoms with E-state index >= 15 is 0 Å². The molecule has 1 aliphatic rings. The molecule has 4 rings (SSSR count). The van der Waals surface area contributed by atoms with Crippen LogP contribution >= 0.6 is 11.6 Å². The summed E-state index contributed by atoms with van der Waals surface area (Å²) in [5, 5.41) is 5.91.